The van der Waals surface area contributed by atoms with Crippen LogP contribution in [0, 0.1) is 18.3 Å². The molecular formula is C14H19N3O2S. The predicted octanol–water partition coefficient (Wildman–Crippen LogP) is 1.24. The highest BCUT2D eigenvalue weighted by Crippen LogP contribution is 2.25. The first-order chi connectivity index (χ1) is 9.48. The van der Waals surface area contributed by atoms with Crippen LogP contribution in [0.3, 0.4) is 0 Å². The Bertz CT molecular complexity index is 628. The van der Waals surface area contributed by atoms with Gasteiger partial charge in [-0.15, -0.1) is 0 Å². The summed E-state index contributed by atoms with van der Waals surface area (Å²) in [6.07, 6.45) is 1.59. The third kappa shape index (κ3) is 2.70. The van der Waals surface area contributed by atoms with Crippen LogP contribution in [0.2, 0.25) is 0 Å². The zero-order valence-electron chi connectivity index (χ0n) is 11.8. The summed E-state index contributed by atoms with van der Waals surface area (Å²) in [6.45, 7) is 3.40. The average molecular weight is 293 g/mol. The molecule has 0 aliphatic carbocycles. The third-order valence-electron chi connectivity index (χ3n) is 3.83. The highest BCUT2D eigenvalue weighted by molar-refractivity contribution is 7.89. The van der Waals surface area contributed by atoms with Crippen molar-refractivity contribution in [3.8, 4) is 6.07 Å². The van der Waals surface area contributed by atoms with E-state index in [1.165, 1.54) is 10.4 Å². The summed E-state index contributed by atoms with van der Waals surface area (Å²) in [7, 11) is -2.01. The first kappa shape index (κ1) is 15.0. The Balaban J connectivity index is 2.40. The van der Waals surface area contributed by atoms with Crippen molar-refractivity contribution in [3.05, 3.63) is 29.3 Å². The Kier molecular flexibility index (Phi) is 4.43. The van der Waals surface area contributed by atoms with Crippen molar-refractivity contribution in [3.63, 3.8) is 0 Å². The lowest BCUT2D eigenvalue weighted by Crippen LogP contribution is -2.44. The zero-order chi connectivity index (χ0) is 14.8. The summed E-state index contributed by atoms with van der Waals surface area (Å²) < 4.78 is 26.9. The van der Waals surface area contributed by atoms with Gasteiger partial charge in [0.1, 0.15) is 11.0 Å². The fraction of sp³-hybridized carbons (Fsp3) is 0.500. The molecule has 1 fully saturated rings. The van der Waals surface area contributed by atoms with Crippen molar-refractivity contribution in [2.24, 2.45) is 0 Å². The summed E-state index contributed by atoms with van der Waals surface area (Å²) in [6, 6.07) is 6.95. The van der Waals surface area contributed by atoms with E-state index in [0.29, 0.717) is 5.56 Å². The van der Waals surface area contributed by atoms with E-state index in [0.717, 1.165) is 25.9 Å². The second kappa shape index (κ2) is 5.92. The van der Waals surface area contributed by atoms with Crippen molar-refractivity contribution in [2.45, 2.75) is 30.7 Å². The molecule has 1 aromatic rings. The topological polar surface area (TPSA) is 73.2 Å². The van der Waals surface area contributed by atoms with Crippen molar-refractivity contribution in [1.82, 2.24) is 9.62 Å². The van der Waals surface area contributed by atoms with Gasteiger partial charge in [-0.05, 0) is 44.5 Å². The van der Waals surface area contributed by atoms with Crippen LogP contribution >= 0.6 is 0 Å². The molecule has 0 unspecified atom stereocenters. The lowest BCUT2D eigenvalue weighted by molar-refractivity contribution is 0.296. The number of nitrogens with one attached hydrogen (secondary N) is 1. The van der Waals surface area contributed by atoms with Gasteiger partial charge in [0.15, 0.2) is 0 Å². The van der Waals surface area contributed by atoms with Crippen molar-refractivity contribution < 1.29 is 8.42 Å². The maximum Gasteiger partial charge on any atom is 0.244 e. The second-order valence-electron chi connectivity index (χ2n) is 5.06. The largest absolute Gasteiger partial charge is 0.317 e. The van der Waals surface area contributed by atoms with Gasteiger partial charge in [-0.1, -0.05) is 12.1 Å². The van der Waals surface area contributed by atoms with Crippen molar-refractivity contribution in [2.75, 3.05) is 20.1 Å². The molecule has 0 aromatic heterocycles. The summed E-state index contributed by atoms with van der Waals surface area (Å²) >= 11 is 0. The number of hydrogen-bond donors (Lipinski definition) is 1. The number of rotatable bonds is 3. The van der Waals surface area contributed by atoms with Gasteiger partial charge < -0.3 is 5.32 Å². The molecule has 1 heterocycles. The maximum absolute atomic E-state index is 12.7. The SMILES string of the molecule is Cc1cccc(S(=O)(=O)N(C)C2CCNCC2)c1C#N. The van der Waals surface area contributed by atoms with Crippen LogP contribution in [0.1, 0.15) is 24.0 Å². The molecule has 0 amide bonds. The number of aryl methyl sites for hydroxylation is 1. The molecular weight excluding hydrogens is 274 g/mol. The smallest absolute Gasteiger partial charge is 0.244 e. The molecule has 0 spiro atoms. The van der Waals surface area contributed by atoms with Gasteiger partial charge in [0.2, 0.25) is 10.0 Å². The molecule has 6 heteroatoms. The second-order valence-corrected chi connectivity index (χ2v) is 7.03. The molecule has 0 atom stereocenters. The van der Waals surface area contributed by atoms with E-state index in [1.54, 1.807) is 26.1 Å². The van der Waals surface area contributed by atoms with Crippen molar-refractivity contribution in [1.29, 1.82) is 5.26 Å². The fourth-order valence-electron chi connectivity index (χ4n) is 2.52. The van der Waals surface area contributed by atoms with Gasteiger partial charge in [-0.25, -0.2) is 8.42 Å². The number of benzene rings is 1. The normalized spacial score (nSPS) is 17.1. The average Bonchev–Trinajstić information content (AvgIpc) is 2.47. The van der Waals surface area contributed by atoms with Crippen LogP contribution in [-0.2, 0) is 10.0 Å². The molecule has 1 saturated heterocycles. The minimum absolute atomic E-state index is 0.00620. The first-order valence-electron chi connectivity index (χ1n) is 6.67. The molecule has 0 bridgehead atoms. The summed E-state index contributed by atoms with van der Waals surface area (Å²) in [5.74, 6) is 0. The number of sulfonamides is 1. The van der Waals surface area contributed by atoms with E-state index in [4.69, 9.17) is 0 Å². The molecule has 1 aliphatic rings. The van der Waals surface area contributed by atoms with Gasteiger partial charge in [0.25, 0.3) is 0 Å². The van der Waals surface area contributed by atoms with E-state index in [1.807, 2.05) is 6.07 Å². The highest BCUT2D eigenvalue weighted by atomic mass is 32.2. The van der Waals surface area contributed by atoms with E-state index in [-0.39, 0.29) is 16.5 Å². The van der Waals surface area contributed by atoms with Gasteiger partial charge in [0.05, 0.1) is 5.56 Å². The number of nitriles is 1. The van der Waals surface area contributed by atoms with Crippen LogP contribution in [0.15, 0.2) is 23.1 Å². The van der Waals surface area contributed by atoms with E-state index in [2.05, 4.69) is 5.32 Å². The van der Waals surface area contributed by atoms with Gasteiger partial charge >= 0.3 is 0 Å². The van der Waals surface area contributed by atoms with Gasteiger partial charge in [-0.3, -0.25) is 0 Å². The third-order valence-corrected chi connectivity index (χ3v) is 5.78. The molecule has 1 N–H and O–H groups in total. The van der Waals surface area contributed by atoms with Crippen LogP contribution in [0.25, 0.3) is 0 Å². The Labute approximate surface area is 120 Å². The maximum atomic E-state index is 12.7. The number of hydrogen-bond acceptors (Lipinski definition) is 4. The Morgan fingerprint density at radius 2 is 2.00 bits per heavy atom. The summed E-state index contributed by atoms with van der Waals surface area (Å²) in [5, 5.41) is 12.4. The predicted molar refractivity (Wildman–Crippen MR) is 76.7 cm³/mol. The molecule has 0 saturated carbocycles. The van der Waals surface area contributed by atoms with Crippen molar-refractivity contribution >= 4 is 10.0 Å². The first-order valence-corrected chi connectivity index (χ1v) is 8.11. The molecule has 20 heavy (non-hydrogen) atoms. The minimum Gasteiger partial charge on any atom is -0.317 e. The summed E-state index contributed by atoms with van der Waals surface area (Å²) in [5.41, 5.74) is 0.931. The Morgan fingerprint density at radius 3 is 2.60 bits per heavy atom. The molecule has 5 nitrogen and oxygen atoms in total. The Morgan fingerprint density at radius 1 is 1.35 bits per heavy atom. The molecule has 1 aliphatic heterocycles. The van der Waals surface area contributed by atoms with Crippen LogP contribution in [0.5, 0.6) is 0 Å². The molecule has 2 rings (SSSR count). The highest BCUT2D eigenvalue weighted by Gasteiger charge is 2.31. The van der Waals surface area contributed by atoms with E-state index >= 15 is 0 Å². The summed E-state index contributed by atoms with van der Waals surface area (Å²) in [4.78, 5) is 0.112. The lowest BCUT2D eigenvalue weighted by Gasteiger charge is -2.31. The zero-order valence-corrected chi connectivity index (χ0v) is 12.6. The van der Waals surface area contributed by atoms with Gasteiger partial charge in [0, 0.05) is 13.1 Å². The molecule has 108 valence electrons. The van der Waals surface area contributed by atoms with Crippen LogP contribution in [-0.4, -0.2) is 38.9 Å². The molecule has 1 aromatic carbocycles. The molecule has 0 radical (unpaired) electrons. The minimum atomic E-state index is -3.62. The standard InChI is InChI=1S/C14H19N3O2S/c1-11-4-3-5-14(13(11)10-15)20(18,19)17(2)12-6-8-16-9-7-12/h3-5,12,16H,6-9H2,1-2H3. The van der Waals surface area contributed by atoms with E-state index in [9.17, 15) is 13.7 Å². The Hall–Kier alpha value is -1.42. The van der Waals surface area contributed by atoms with Crippen LogP contribution < -0.4 is 5.32 Å². The fourth-order valence-corrected chi connectivity index (χ4v) is 4.15. The van der Waals surface area contributed by atoms with E-state index < -0.39 is 10.0 Å². The quantitative estimate of drug-likeness (QED) is 0.910. The monoisotopic (exact) mass is 293 g/mol. The lowest BCUT2D eigenvalue weighted by atomic mass is 10.1. The number of nitrogens with zero attached hydrogens (tertiary/aromatic N) is 2. The van der Waals surface area contributed by atoms with Gasteiger partial charge in [-0.2, -0.15) is 9.57 Å². The van der Waals surface area contributed by atoms with Crippen LogP contribution in [0.4, 0.5) is 0 Å². The number of piperidine rings is 1.